The number of hydrogen-bond acceptors (Lipinski definition) is 6. The molecule has 3 N–H and O–H groups in total. The van der Waals surface area contributed by atoms with Crippen LogP contribution in [-0.4, -0.2) is 35.3 Å². The lowest BCUT2D eigenvalue weighted by Gasteiger charge is -2.11. The molecule has 0 radical (unpaired) electrons. The van der Waals surface area contributed by atoms with E-state index in [-0.39, 0.29) is 18.8 Å². The molecule has 0 aliphatic carbocycles. The molecule has 122 valence electrons. The summed E-state index contributed by atoms with van der Waals surface area (Å²) in [5.41, 5.74) is -0.376. The zero-order chi connectivity index (χ0) is 17.0. The van der Waals surface area contributed by atoms with E-state index in [0.29, 0.717) is 5.69 Å². The van der Waals surface area contributed by atoms with Gasteiger partial charge < -0.3 is 25.0 Å². The van der Waals surface area contributed by atoms with E-state index in [9.17, 15) is 19.8 Å². The SMILES string of the molecule is CCOC(=O)C1=C(O)c2ccccc2NC(=O)/C1=C(/O)OCC. The highest BCUT2D eigenvalue weighted by Crippen LogP contribution is 2.33. The molecule has 7 heteroatoms. The highest BCUT2D eigenvalue weighted by molar-refractivity contribution is 6.19. The summed E-state index contributed by atoms with van der Waals surface area (Å²) < 4.78 is 9.83. The molecule has 0 atom stereocenters. The number of rotatable bonds is 4. The number of benzene rings is 1. The second-order valence-corrected chi connectivity index (χ2v) is 4.56. The van der Waals surface area contributed by atoms with Gasteiger partial charge in [0.05, 0.1) is 18.9 Å². The quantitative estimate of drug-likeness (QED) is 0.447. The zero-order valence-electron chi connectivity index (χ0n) is 12.8. The van der Waals surface area contributed by atoms with Crippen molar-refractivity contribution in [1.29, 1.82) is 0 Å². The normalized spacial score (nSPS) is 16.2. The van der Waals surface area contributed by atoms with Crippen LogP contribution in [0.4, 0.5) is 5.69 Å². The van der Waals surface area contributed by atoms with Gasteiger partial charge in [0.2, 0.25) is 0 Å². The first-order valence-corrected chi connectivity index (χ1v) is 7.08. The molecule has 0 saturated heterocycles. The summed E-state index contributed by atoms with van der Waals surface area (Å²) in [5.74, 6) is -2.94. The Morgan fingerprint density at radius 1 is 1.17 bits per heavy atom. The molecule has 1 aliphatic heterocycles. The van der Waals surface area contributed by atoms with E-state index in [2.05, 4.69) is 5.32 Å². The lowest BCUT2D eigenvalue weighted by molar-refractivity contribution is -0.138. The smallest absolute Gasteiger partial charge is 0.343 e. The number of aliphatic hydroxyl groups is 2. The number of ether oxygens (including phenoxy) is 2. The van der Waals surface area contributed by atoms with Gasteiger partial charge in [-0.1, -0.05) is 12.1 Å². The molecule has 1 aliphatic rings. The van der Waals surface area contributed by atoms with E-state index in [0.717, 1.165) is 0 Å². The van der Waals surface area contributed by atoms with Gasteiger partial charge in [-0.05, 0) is 26.0 Å². The Bertz CT molecular complexity index is 704. The summed E-state index contributed by atoms with van der Waals surface area (Å²) in [6, 6.07) is 6.40. The predicted molar refractivity (Wildman–Crippen MR) is 82.5 cm³/mol. The average molecular weight is 319 g/mol. The van der Waals surface area contributed by atoms with E-state index in [1.807, 2.05) is 0 Å². The second kappa shape index (κ2) is 6.87. The third-order valence-corrected chi connectivity index (χ3v) is 3.12. The minimum absolute atomic E-state index is 0.0432. The topological polar surface area (TPSA) is 105 Å². The van der Waals surface area contributed by atoms with Gasteiger partial charge in [-0.2, -0.15) is 0 Å². The first-order valence-electron chi connectivity index (χ1n) is 7.08. The number of fused-ring (bicyclic) bond motifs is 1. The van der Waals surface area contributed by atoms with E-state index < -0.39 is 34.7 Å². The van der Waals surface area contributed by atoms with Crippen molar-refractivity contribution in [2.45, 2.75) is 13.8 Å². The third kappa shape index (κ3) is 3.13. The Hall–Kier alpha value is -2.96. The van der Waals surface area contributed by atoms with E-state index in [1.165, 1.54) is 6.07 Å². The molecule has 1 heterocycles. The van der Waals surface area contributed by atoms with Crippen molar-refractivity contribution in [1.82, 2.24) is 0 Å². The average Bonchev–Trinajstić information content (AvgIpc) is 2.62. The van der Waals surface area contributed by atoms with Crippen LogP contribution in [0.1, 0.15) is 19.4 Å². The number of aliphatic hydroxyl groups excluding tert-OH is 2. The standard InChI is InChI=1S/C16H17NO6/c1-3-22-15(20)11-12(16(21)23-4-2)14(19)17-10-8-6-5-7-9(10)13(11)18/h5-8,18,21H,3-4H2,1-2H3,(H,17,19)/b16-12-. The van der Waals surface area contributed by atoms with Crippen LogP contribution in [0.25, 0.3) is 5.76 Å². The number of anilines is 1. The molecule has 1 aromatic carbocycles. The van der Waals surface area contributed by atoms with Crippen molar-refractivity contribution in [3.8, 4) is 0 Å². The Labute approximate surface area is 132 Å². The van der Waals surface area contributed by atoms with Crippen LogP contribution in [0.3, 0.4) is 0 Å². The van der Waals surface area contributed by atoms with Crippen LogP contribution in [0, 0.1) is 0 Å². The summed E-state index contributed by atoms with van der Waals surface area (Å²) in [4.78, 5) is 24.6. The minimum Gasteiger partial charge on any atom is -0.506 e. The van der Waals surface area contributed by atoms with Crippen molar-refractivity contribution < 1.29 is 29.3 Å². The zero-order valence-corrected chi connectivity index (χ0v) is 12.8. The summed E-state index contributed by atoms with van der Waals surface area (Å²) in [7, 11) is 0. The fourth-order valence-electron chi connectivity index (χ4n) is 2.16. The predicted octanol–water partition coefficient (Wildman–Crippen LogP) is 2.28. The van der Waals surface area contributed by atoms with Gasteiger partial charge in [-0.15, -0.1) is 0 Å². The minimum atomic E-state index is -0.932. The van der Waals surface area contributed by atoms with Gasteiger partial charge >= 0.3 is 5.97 Å². The van der Waals surface area contributed by atoms with Crippen molar-refractivity contribution in [2.24, 2.45) is 0 Å². The number of esters is 1. The van der Waals surface area contributed by atoms with Gasteiger partial charge in [-0.25, -0.2) is 4.79 Å². The first-order chi connectivity index (χ1) is 11.0. The van der Waals surface area contributed by atoms with E-state index >= 15 is 0 Å². The highest BCUT2D eigenvalue weighted by Gasteiger charge is 2.35. The van der Waals surface area contributed by atoms with Crippen LogP contribution in [0.2, 0.25) is 0 Å². The third-order valence-electron chi connectivity index (χ3n) is 3.12. The maximum atomic E-state index is 12.4. The largest absolute Gasteiger partial charge is 0.506 e. The number of para-hydroxylation sites is 1. The number of hydrogen-bond donors (Lipinski definition) is 3. The molecule has 0 fully saturated rings. The van der Waals surface area contributed by atoms with E-state index in [4.69, 9.17) is 9.47 Å². The Balaban J connectivity index is 2.73. The molecule has 7 nitrogen and oxygen atoms in total. The molecular formula is C16H17NO6. The fraction of sp³-hybridized carbons (Fsp3) is 0.250. The van der Waals surface area contributed by atoms with Gasteiger partial charge in [0.1, 0.15) is 16.9 Å². The van der Waals surface area contributed by atoms with Crippen LogP contribution in [-0.2, 0) is 19.1 Å². The van der Waals surface area contributed by atoms with Crippen molar-refractivity contribution in [3.05, 3.63) is 46.9 Å². The van der Waals surface area contributed by atoms with Crippen LogP contribution >= 0.6 is 0 Å². The molecule has 0 aromatic heterocycles. The lowest BCUT2D eigenvalue weighted by atomic mass is 10.0. The Kier molecular flexibility index (Phi) is 4.90. The molecule has 0 bridgehead atoms. The first kappa shape index (κ1) is 16.4. The Morgan fingerprint density at radius 3 is 2.48 bits per heavy atom. The maximum Gasteiger partial charge on any atom is 0.343 e. The van der Waals surface area contributed by atoms with Gasteiger partial charge in [-0.3, -0.25) is 4.79 Å². The summed E-state index contributed by atoms with van der Waals surface area (Å²) in [5, 5.41) is 23.0. The number of carbonyl (C=O) groups excluding carboxylic acids is 2. The fourth-order valence-corrected chi connectivity index (χ4v) is 2.16. The van der Waals surface area contributed by atoms with Crippen LogP contribution in [0.5, 0.6) is 0 Å². The Morgan fingerprint density at radius 2 is 1.83 bits per heavy atom. The molecule has 0 saturated carbocycles. The molecule has 2 rings (SSSR count). The molecule has 0 spiro atoms. The van der Waals surface area contributed by atoms with E-state index in [1.54, 1.807) is 32.0 Å². The lowest BCUT2D eigenvalue weighted by Crippen LogP contribution is -2.22. The summed E-state index contributed by atoms with van der Waals surface area (Å²) in [6.45, 7) is 3.31. The number of amides is 1. The van der Waals surface area contributed by atoms with Crippen molar-refractivity contribution >= 4 is 23.3 Å². The van der Waals surface area contributed by atoms with Gasteiger partial charge in [0.25, 0.3) is 11.9 Å². The summed E-state index contributed by atoms with van der Waals surface area (Å²) in [6.07, 6.45) is 0. The van der Waals surface area contributed by atoms with Gasteiger partial charge in [0.15, 0.2) is 0 Å². The molecular weight excluding hydrogens is 302 g/mol. The second-order valence-electron chi connectivity index (χ2n) is 4.56. The maximum absolute atomic E-state index is 12.4. The van der Waals surface area contributed by atoms with Crippen molar-refractivity contribution in [3.63, 3.8) is 0 Å². The van der Waals surface area contributed by atoms with Crippen molar-refractivity contribution in [2.75, 3.05) is 18.5 Å². The number of carbonyl (C=O) groups is 2. The molecule has 1 aromatic rings. The van der Waals surface area contributed by atoms with Crippen LogP contribution in [0.15, 0.2) is 41.4 Å². The highest BCUT2D eigenvalue weighted by atomic mass is 16.6. The van der Waals surface area contributed by atoms with Gasteiger partial charge in [0, 0.05) is 5.56 Å². The summed E-state index contributed by atoms with van der Waals surface area (Å²) >= 11 is 0. The number of nitrogens with one attached hydrogen (secondary N) is 1. The van der Waals surface area contributed by atoms with Crippen LogP contribution < -0.4 is 5.32 Å². The monoisotopic (exact) mass is 319 g/mol. The molecule has 1 amide bonds. The molecule has 23 heavy (non-hydrogen) atoms. The molecule has 0 unspecified atom stereocenters.